The fourth-order valence-electron chi connectivity index (χ4n) is 2.99. The highest BCUT2D eigenvalue weighted by Gasteiger charge is 2.14. The topological polar surface area (TPSA) is 122 Å². The number of carboxylic acid groups (broad SMARTS) is 2. The van der Waals surface area contributed by atoms with Crippen molar-refractivity contribution in [2.75, 3.05) is 27.8 Å². The standard InChI is InChI=1S/C20H24N2O3.C2H2O4/c1-22(14-15-8-5-4-6-9-15)11-7-10-17-16-12-19(23-2)20(24-3)13-18(16)25-21-17;3-1(4)2(5)6/h4-6,8-9,12-13H,7,10-11,14H2,1-3H3;(H,3,4)(H,5,6). The number of carbonyl (C=O) groups is 2. The molecule has 0 aliphatic rings. The number of nitrogens with zero attached hydrogens (tertiary/aromatic N) is 2. The molecule has 2 aromatic carbocycles. The van der Waals surface area contributed by atoms with Crippen LogP contribution in [0.3, 0.4) is 0 Å². The Morgan fingerprint density at radius 3 is 2.23 bits per heavy atom. The van der Waals surface area contributed by atoms with Crippen molar-refractivity contribution in [3.63, 3.8) is 0 Å². The largest absolute Gasteiger partial charge is 0.493 e. The van der Waals surface area contributed by atoms with Gasteiger partial charge in [0.25, 0.3) is 0 Å². The summed E-state index contributed by atoms with van der Waals surface area (Å²) in [5.41, 5.74) is 3.02. The van der Waals surface area contributed by atoms with Crippen molar-refractivity contribution in [3.8, 4) is 11.5 Å². The first kappa shape index (κ1) is 23.7. The Labute approximate surface area is 179 Å². The van der Waals surface area contributed by atoms with Gasteiger partial charge >= 0.3 is 11.9 Å². The van der Waals surface area contributed by atoms with Crippen LogP contribution in [0.1, 0.15) is 17.7 Å². The smallest absolute Gasteiger partial charge is 0.414 e. The van der Waals surface area contributed by atoms with Crippen LogP contribution < -0.4 is 9.47 Å². The maximum Gasteiger partial charge on any atom is 0.414 e. The summed E-state index contributed by atoms with van der Waals surface area (Å²) in [5.74, 6) is -2.30. The number of hydrogen-bond donors (Lipinski definition) is 2. The Morgan fingerprint density at radius 1 is 1.03 bits per heavy atom. The number of carboxylic acids is 2. The van der Waals surface area contributed by atoms with Crippen molar-refractivity contribution in [1.29, 1.82) is 0 Å². The van der Waals surface area contributed by atoms with E-state index in [1.807, 2.05) is 18.2 Å². The summed E-state index contributed by atoms with van der Waals surface area (Å²) in [6.45, 7) is 1.95. The van der Waals surface area contributed by atoms with Crippen molar-refractivity contribution >= 4 is 22.9 Å². The molecule has 9 heteroatoms. The number of fused-ring (bicyclic) bond motifs is 1. The lowest BCUT2D eigenvalue weighted by Crippen LogP contribution is -2.19. The fourth-order valence-corrected chi connectivity index (χ4v) is 2.99. The number of aliphatic carboxylic acids is 2. The lowest BCUT2D eigenvalue weighted by atomic mass is 10.1. The summed E-state index contributed by atoms with van der Waals surface area (Å²) in [4.78, 5) is 20.5. The molecular formula is C22H26N2O7. The molecule has 9 nitrogen and oxygen atoms in total. The third-order valence-corrected chi connectivity index (χ3v) is 4.48. The van der Waals surface area contributed by atoms with Crippen molar-refractivity contribution in [2.45, 2.75) is 19.4 Å². The van der Waals surface area contributed by atoms with E-state index in [9.17, 15) is 0 Å². The second kappa shape index (κ2) is 11.6. The first-order valence-corrected chi connectivity index (χ1v) is 9.54. The van der Waals surface area contributed by atoms with Gasteiger partial charge in [0.15, 0.2) is 17.1 Å². The van der Waals surface area contributed by atoms with Gasteiger partial charge in [-0.25, -0.2) is 9.59 Å². The molecule has 0 atom stereocenters. The highest BCUT2D eigenvalue weighted by Crippen LogP contribution is 2.33. The molecule has 2 N–H and O–H groups in total. The quantitative estimate of drug-likeness (QED) is 0.519. The third kappa shape index (κ3) is 7.00. The Kier molecular flexibility index (Phi) is 8.83. The minimum Gasteiger partial charge on any atom is -0.493 e. The second-order valence-electron chi connectivity index (χ2n) is 6.77. The van der Waals surface area contributed by atoms with Gasteiger partial charge in [0.05, 0.1) is 19.9 Å². The summed E-state index contributed by atoms with van der Waals surface area (Å²) in [6.07, 6.45) is 1.88. The van der Waals surface area contributed by atoms with E-state index >= 15 is 0 Å². The molecule has 3 rings (SSSR count). The van der Waals surface area contributed by atoms with Gasteiger partial charge in [0.1, 0.15) is 0 Å². The first-order valence-electron chi connectivity index (χ1n) is 9.54. The second-order valence-corrected chi connectivity index (χ2v) is 6.77. The van der Waals surface area contributed by atoms with Crippen LogP contribution in [-0.4, -0.2) is 60.0 Å². The maximum atomic E-state index is 9.10. The Balaban J connectivity index is 0.000000501. The molecule has 0 spiro atoms. The van der Waals surface area contributed by atoms with Gasteiger partial charge in [-0.1, -0.05) is 35.5 Å². The van der Waals surface area contributed by atoms with Gasteiger partial charge in [0, 0.05) is 18.0 Å². The van der Waals surface area contributed by atoms with E-state index in [0.29, 0.717) is 11.5 Å². The minimum absolute atomic E-state index is 0.653. The van der Waals surface area contributed by atoms with Gasteiger partial charge in [-0.3, -0.25) is 0 Å². The van der Waals surface area contributed by atoms with Crippen LogP contribution in [0.5, 0.6) is 11.5 Å². The van der Waals surface area contributed by atoms with E-state index in [-0.39, 0.29) is 0 Å². The highest BCUT2D eigenvalue weighted by molar-refractivity contribution is 6.27. The molecule has 31 heavy (non-hydrogen) atoms. The molecule has 3 aromatic rings. The van der Waals surface area contributed by atoms with Crippen molar-refractivity contribution in [2.24, 2.45) is 0 Å². The zero-order valence-corrected chi connectivity index (χ0v) is 17.7. The molecule has 0 fully saturated rings. The highest BCUT2D eigenvalue weighted by atomic mass is 16.5. The molecule has 0 bridgehead atoms. The van der Waals surface area contributed by atoms with Crippen LogP contribution >= 0.6 is 0 Å². The van der Waals surface area contributed by atoms with Crippen LogP contribution in [0.15, 0.2) is 47.0 Å². The molecule has 0 aliphatic heterocycles. The molecule has 0 aliphatic carbocycles. The average Bonchev–Trinajstić information content (AvgIpc) is 3.15. The van der Waals surface area contributed by atoms with Crippen molar-refractivity contribution in [3.05, 3.63) is 53.7 Å². The van der Waals surface area contributed by atoms with Gasteiger partial charge < -0.3 is 29.1 Å². The van der Waals surface area contributed by atoms with E-state index in [1.165, 1.54) is 5.56 Å². The predicted molar refractivity (Wildman–Crippen MR) is 113 cm³/mol. The zero-order chi connectivity index (χ0) is 22.8. The van der Waals surface area contributed by atoms with Gasteiger partial charge in [-0.15, -0.1) is 0 Å². The molecule has 1 aromatic heterocycles. The van der Waals surface area contributed by atoms with Gasteiger partial charge in [-0.05, 0) is 38.1 Å². The molecule has 0 radical (unpaired) electrons. The Bertz CT molecular complexity index is 990. The summed E-state index contributed by atoms with van der Waals surface area (Å²) in [7, 11) is 5.39. The summed E-state index contributed by atoms with van der Waals surface area (Å²) in [6, 6.07) is 14.3. The Morgan fingerprint density at radius 2 is 1.65 bits per heavy atom. The average molecular weight is 430 g/mol. The first-order chi connectivity index (χ1) is 14.8. The predicted octanol–water partition coefficient (Wildman–Crippen LogP) is 3.07. The molecule has 166 valence electrons. The van der Waals surface area contributed by atoms with E-state index < -0.39 is 11.9 Å². The molecule has 0 saturated carbocycles. The lowest BCUT2D eigenvalue weighted by Gasteiger charge is -2.16. The number of ether oxygens (including phenoxy) is 2. The van der Waals surface area contributed by atoms with Crippen LogP contribution in [0.4, 0.5) is 0 Å². The number of aryl methyl sites for hydroxylation is 1. The summed E-state index contributed by atoms with van der Waals surface area (Å²) >= 11 is 0. The molecular weight excluding hydrogens is 404 g/mol. The van der Waals surface area contributed by atoms with E-state index in [4.69, 9.17) is 33.8 Å². The molecule has 0 unspecified atom stereocenters. The number of rotatable bonds is 8. The number of aromatic nitrogens is 1. The fraction of sp³-hybridized carbons (Fsp3) is 0.318. The maximum absolute atomic E-state index is 9.10. The minimum atomic E-state index is -1.82. The van der Waals surface area contributed by atoms with Crippen LogP contribution in [0.25, 0.3) is 11.0 Å². The zero-order valence-electron chi connectivity index (χ0n) is 17.7. The molecule has 1 heterocycles. The van der Waals surface area contributed by atoms with E-state index in [1.54, 1.807) is 14.2 Å². The van der Waals surface area contributed by atoms with Gasteiger partial charge in [0.2, 0.25) is 0 Å². The monoisotopic (exact) mass is 430 g/mol. The lowest BCUT2D eigenvalue weighted by molar-refractivity contribution is -0.159. The third-order valence-electron chi connectivity index (χ3n) is 4.48. The number of methoxy groups -OCH3 is 2. The number of hydrogen-bond acceptors (Lipinski definition) is 7. The van der Waals surface area contributed by atoms with E-state index in [2.05, 4.69) is 41.4 Å². The normalized spacial score (nSPS) is 10.5. The van der Waals surface area contributed by atoms with Crippen LogP contribution in [0, 0.1) is 0 Å². The molecule has 0 saturated heterocycles. The van der Waals surface area contributed by atoms with Crippen molar-refractivity contribution < 1.29 is 33.8 Å². The van der Waals surface area contributed by atoms with Crippen molar-refractivity contribution in [1.82, 2.24) is 10.1 Å². The van der Waals surface area contributed by atoms with Crippen LogP contribution in [-0.2, 0) is 22.6 Å². The Hall–Kier alpha value is -3.59. The molecule has 0 amide bonds. The summed E-state index contributed by atoms with van der Waals surface area (Å²) in [5, 5.41) is 20.0. The SMILES string of the molecule is COc1cc2onc(CCCN(C)Cc3ccccc3)c2cc1OC.O=C(O)C(=O)O. The van der Waals surface area contributed by atoms with Crippen LogP contribution in [0.2, 0.25) is 0 Å². The summed E-state index contributed by atoms with van der Waals surface area (Å²) < 4.78 is 16.1. The number of benzene rings is 2. The van der Waals surface area contributed by atoms with Gasteiger partial charge in [-0.2, -0.15) is 0 Å². The van der Waals surface area contributed by atoms with E-state index in [0.717, 1.165) is 42.6 Å².